The van der Waals surface area contributed by atoms with E-state index in [4.69, 9.17) is 9.26 Å². The van der Waals surface area contributed by atoms with E-state index < -0.39 is 0 Å². The molecule has 0 spiro atoms. The molecule has 1 fully saturated rings. The van der Waals surface area contributed by atoms with E-state index in [9.17, 15) is 9.59 Å². The van der Waals surface area contributed by atoms with E-state index >= 15 is 0 Å². The van der Waals surface area contributed by atoms with Gasteiger partial charge in [-0.1, -0.05) is 11.2 Å². The van der Waals surface area contributed by atoms with Crippen LogP contribution in [0.4, 0.5) is 10.5 Å². The van der Waals surface area contributed by atoms with E-state index in [-0.39, 0.29) is 18.0 Å². The van der Waals surface area contributed by atoms with Crippen LogP contribution in [0.2, 0.25) is 0 Å². The summed E-state index contributed by atoms with van der Waals surface area (Å²) in [6, 6.07) is 5.23. The van der Waals surface area contributed by atoms with Gasteiger partial charge in [0.1, 0.15) is 11.5 Å². The predicted octanol–water partition coefficient (Wildman–Crippen LogP) is 3.31. The number of hydrogen-bond donors (Lipinski definition) is 2. The molecular formula is C21H28N4O4. The highest BCUT2D eigenvalue weighted by molar-refractivity contribution is 5.91. The molecule has 1 atom stereocenters. The Hall–Kier alpha value is -3.03. The zero-order valence-corrected chi connectivity index (χ0v) is 17.4. The second-order valence-electron chi connectivity index (χ2n) is 7.44. The van der Waals surface area contributed by atoms with E-state index in [0.717, 1.165) is 22.6 Å². The molecular weight excluding hydrogens is 372 g/mol. The molecule has 2 aromatic rings. The Morgan fingerprint density at radius 2 is 2.10 bits per heavy atom. The number of aryl methyl sites for hydroxylation is 3. The molecule has 29 heavy (non-hydrogen) atoms. The van der Waals surface area contributed by atoms with Crippen LogP contribution in [0.3, 0.4) is 0 Å². The fourth-order valence-corrected chi connectivity index (χ4v) is 3.53. The van der Waals surface area contributed by atoms with Gasteiger partial charge < -0.3 is 24.8 Å². The third-order valence-corrected chi connectivity index (χ3v) is 5.28. The predicted molar refractivity (Wildman–Crippen MR) is 109 cm³/mol. The van der Waals surface area contributed by atoms with Gasteiger partial charge in [-0.05, 0) is 51.3 Å². The Morgan fingerprint density at radius 1 is 1.31 bits per heavy atom. The maximum Gasteiger partial charge on any atom is 0.319 e. The number of hydrogen-bond acceptors (Lipinski definition) is 5. The number of aromatic nitrogens is 1. The van der Waals surface area contributed by atoms with E-state index in [1.807, 2.05) is 43.9 Å². The van der Waals surface area contributed by atoms with Crippen LogP contribution in [0.15, 0.2) is 22.7 Å². The largest absolute Gasteiger partial charge is 0.495 e. The minimum atomic E-state index is -0.300. The molecule has 1 aliphatic heterocycles. The van der Waals surface area contributed by atoms with Crippen molar-refractivity contribution in [3.8, 4) is 5.75 Å². The number of carbonyl (C=O) groups excluding carboxylic acids is 2. The van der Waals surface area contributed by atoms with E-state index in [0.29, 0.717) is 43.8 Å². The van der Waals surface area contributed by atoms with Crippen molar-refractivity contribution in [3.63, 3.8) is 0 Å². The van der Waals surface area contributed by atoms with Crippen molar-refractivity contribution in [1.29, 1.82) is 0 Å². The summed E-state index contributed by atoms with van der Waals surface area (Å²) in [6.07, 6.45) is 1.69. The molecule has 8 nitrogen and oxygen atoms in total. The number of likely N-dealkylation sites (tertiary alicyclic amines) is 1. The first-order chi connectivity index (χ1) is 13.9. The summed E-state index contributed by atoms with van der Waals surface area (Å²) in [5.41, 5.74) is 3.40. The van der Waals surface area contributed by atoms with Gasteiger partial charge in [0.25, 0.3) is 0 Å². The van der Waals surface area contributed by atoms with Gasteiger partial charge in [-0.15, -0.1) is 0 Å². The number of nitrogens with zero attached hydrogens (tertiary/aromatic N) is 2. The molecule has 2 N–H and O–H groups in total. The van der Waals surface area contributed by atoms with Gasteiger partial charge >= 0.3 is 6.03 Å². The van der Waals surface area contributed by atoms with Gasteiger partial charge in [-0.3, -0.25) is 4.79 Å². The summed E-state index contributed by atoms with van der Waals surface area (Å²) in [7, 11) is 1.57. The molecule has 3 amide bonds. The maximum atomic E-state index is 12.5. The summed E-state index contributed by atoms with van der Waals surface area (Å²) in [6.45, 7) is 6.74. The molecule has 1 aromatic carbocycles. The third-order valence-electron chi connectivity index (χ3n) is 5.28. The highest BCUT2D eigenvalue weighted by atomic mass is 16.5. The minimum absolute atomic E-state index is 0.0788. The topological polar surface area (TPSA) is 96.7 Å². The van der Waals surface area contributed by atoms with Gasteiger partial charge in [0, 0.05) is 24.6 Å². The number of ether oxygens (including phenoxy) is 1. The van der Waals surface area contributed by atoms with Crippen molar-refractivity contribution in [1.82, 2.24) is 15.4 Å². The smallest absolute Gasteiger partial charge is 0.319 e. The fourth-order valence-electron chi connectivity index (χ4n) is 3.53. The molecule has 3 rings (SSSR count). The molecule has 0 aliphatic carbocycles. The molecule has 0 bridgehead atoms. The Kier molecular flexibility index (Phi) is 6.41. The summed E-state index contributed by atoms with van der Waals surface area (Å²) in [5, 5.41) is 9.79. The molecule has 1 aromatic heterocycles. The summed E-state index contributed by atoms with van der Waals surface area (Å²) in [4.78, 5) is 26.8. The van der Waals surface area contributed by atoms with Crippen molar-refractivity contribution in [3.05, 3.63) is 40.8 Å². The number of nitrogens with one attached hydrogen (secondary N) is 2. The van der Waals surface area contributed by atoms with Crippen LogP contribution in [-0.2, 0) is 11.3 Å². The molecule has 2 heterocycles. The van der Waals surface area contributed by atoms with Crippen LogP contribution in [0, 0.1) is 20.8 Å². The Morgan fingerprint density at radius 3 is 2.79 bits per heavy atom. The average molecular weight is 400 g/mol. The average Bonchev–Trinajstić information content (AvgIpc) is 2.89. The van der Waals surface area contributed by atoms with Crippen LogP contribution in [0.25, 0.3) is 0 Å². The minimum Gasteiger partial charge on any atom is -0.495 e. The molecule has 1 saturated heterocycles. The SMILES string of the molecule is COc1ccc(C)cc1NC(=O)NC1CCC(=O)N(Cc2c(C)noc2C)CC1. The third kappa shape index (κ3) is 5.07. The fraction of sp³-hybridized carbons (Fsp3) is 0.476. The molecule has 156 valence electrons. The lowest BCUT2D eigenvalue weighted by molar-refractivity contribution is -0.131. The van der Waals surface area contributed by atoms with E-state index in [1.165, 1.54) is 0 Å². The van der Waals surface area contributed by atoms with Crippen LogP contribution >= 0.6 is 0 Å². The first-order valence-corrected chi connectivity index (χ1v) is 9.79. The van der Waals surface area contributed by atoms with Gasteiger partial charge in [-0.2, -0.15) is 0 Å². The lowest BCUT2D eigenvalue weighted by Crippen LogP contribution is -2.38. The van der Waals surface area contributed by atoms with Crippen molar-refractivity contribution >= 4 is 17.6 Å². The zero-order chi connectivity index (χ0) is 21.0. The maximum absolute atomic E-state index is 12.5. The quantitative estimate of drug-likeness (QED) is 0.803. The number of urea groups is 1. The summed E-state index contributed by atoms with van der Waals surface area (Å²) < 4.78 is 10.5. The number of carbonyl (C=O) groups is 2. The first kappa shape index (κ1) is 20.7. The second-order valence-corrected chi connectivity index (χ2v) is 7.44. The molecule has 8 heteroatoms. The van der Waals surface area contributed by atoms with Crippen LogP contribution < -0.4 is 15.4 Å². The normalized spacial score (nSPS) is 17.0. The number of rotatable bonds is 5. The van der Waals surface area contributed by atoms with Gasteiger partial charge in [-0.25, -0.2) is 4.79 Å². The van der Waals surface area contributed by atoms with Crippen molar-refractivity contribution in [2.75, 3.05) is 19.0 Å². The van der Waals surface area contributed by atoms with Crippen molar-refractivity contribution in [2.24, 2.45) is 0 Å². The Balaban J connectivity index is 1.58. The first-order valence-electron chi connectivity index (χ1n) is 9.79. The number of amides is 3. The number of methoxy groups -OCH3 is 1. The standard InChI is InChI=1S/C21H28N4O4/c1-13-5-7-19(28-4)18(11-13)23-21(27)22-16-6-8-20(26)25(10-9-16)12-17-14(2)24-29-15(17)3/h5,7,11,16H,6,8-10,12H2,1-4H3,(H2,22,23,27). The van der Waals surface area contributed by atoms with Crippen molar-refractivity contribution in [2.45, 2.75) is 52.6 Å². The monoisotopic (exact) mass is 400 g/mol. The van der Waals surface area contributed by atoms with Gasteiger partial charge in [0.2, 0.25) is 5.91 Å². The van der Waals surface area contributed by atoms with Gasteiger partial charge in [0.05, 0.1) is 25.0 Å². The Bertz CT molecular complexity index is 873. The van der Waals surface area contributed by atoms with Gasteiger partial charge in [0.15, 0.2) is 0 Å². The van der Waals surface area contributed by atoms with Crippen LogP contribution in [0.5, 0.6) is 5.75 Å². The lowest BCUT2D eigenvalue weighted by atomic mass is 10.1. The highest BCUT2D eigenvalue weighted by Crippen LogP contribution is 2.25. The van der Waals surface area contributed by atoms with Crippen LogP contribution in [0.1, 0.15) is 41.8 Å². The zero-order valence-electron chi connectivity index (χ0n) is 17.4. The van der Waals surface area contributed by atoms with E-state index in [2.05, 4.69) is 15.8 Å². The summed E-state index contributed by atoms with van der Waals surface area (Å²) >= 11 is 0. The van der Waals surface area contributed by atoms with E-state index in [1.54, 1.807) is 7.11 Å². The van der Waals surface area contributed by atoms with Crippen molar-refractivity contribution < 1.29 is 18.8 Å². The summed E-state index contributed by atoms with van der Waals surface area (Å²) in [5.74, 6) is 1.42. The number of benzene rings is 1. The number of anilines is 1. The second kappa shape index (κ2) is 8.98. The molecule has 1 unspecified atom stereocenters. The Labute approximate surface area is 170 Å². The molecule has 0 radical (unpaired) electrons. The molecule has 0 saturated carbocycles. The van der Waals surface area contributed by atoms with Crippen LogP contribution in [-0.4, -0.2) is 41.7 Å². The lowest BCUT2D eigenvalue weighted by Gasteiger charge is -2.21. The molecule has 1 aliphatic rings. The highest BCUT2D eigenvalue weighted by Gasteiger charge is 2.25.